The van der Waals surface area contributed by atoms with Crippen molar-refractivity contribution in [2.24, 2.45) is 0 Å². The van der Waals surface area contributed by atoms with Gasteiger partial charge in [0.2, 0.25) is 0 Å². The summed E-state index contributed by atoms with van der Waals surface area (Å²) in [6, 6.07) is 14.5. The minimum atomic E-state index is -3.82. The van der Waals surface area contributed by atoms with Crippen LogP contribution in [0.2, 0.25) is 0 Å². The average molecular weight is 500 g/mol. The van der Waals surface area contributed by atoms with Crippen LogP contribution in [-0.4, -0.2) is 27.3 Å². The van der Waals surface area contributed by atoms with Gasteiger partial charge in [0.25, 0.3) is 21.8 Å². The molecule has 2 aromatic carbocycles. The molecule has 34 heavy (non-hydrogen) atoms. The van der Waals surface area contributed by atoms with Gasteiger partial charge in [0.1, 0.15) is 5.75 Å². The Labute approximate surface area is 202 Å². The molecule has 2 amide bonds. The molecule has 0 spiro atoms. The topological polar surface area (TPSA) is 114 Å². The fourth-order valence-electron chi connectivity index (χ4n) is 3.07. The van der Waals surface area contributed by atoms with Gasteiger partial charge in [-0.15, -0.1) is 11.3 Å². The number of sulfonamides is 1. The second-order valence-electron chi connectivity index (χ2n) is 7.22. The molecule has 0 saturated carbocycles. The van der Waals surface area contributed by atoms with Crippen LogP contribution in [0, 0.1) is 6.92 Å². The van der Waals surface area contributed by atoms with Crippen molar-refractivity contribution >= 4 is 44.9 Å². The highest BCUT2D eigenvalue weighted by molar-refractivity contribution is 7.92. The van der Waals surface area contributed by atoms with E-state index in [0.717, 1.165) is 16.9 Å². The maximum Gasteiger partial charge on any atom is 0.279 e. The fourth-order valence-corrected chi connectivity index (χ4v) is 5.15. The SMILES string of the molecule is CCc1sc(C(=O)NNC(=O)/C=C/c2ccc(S(=O)(=O)Nc3ccccc3OC)cc2)cc1C. The van der Waals surface area contributed by atoms with Crippen LogP contribution in [0.25, 0.3) is 6.08 Å². The number of benzene rings is 2. The van der Waals surface area contributed by atoms with E-state index in [1.54, 1.807) is 42.5 Å². The number of anilines is 1. The normalized spacial score (nSPS) is 11.3. The number of carbonyl (C=O) groups is 2. The Morgan fingerprint density at radius 2 is 1.76 bits per heavy atom. The Morgan fingerprint density at radius 1 is 1.06 bits per heavy atom. The zero-order valence-electron chi connectivity index (χ0n) is 18.9. The minimum Gasteiger partial charge on any atom is -0.495 e. The lowest BCUT2D eigenvalue weighted by Crippen LogP contribution is -2.40. The Morgan fingerprint density at radius 3 is 2.41 bits per heavy atom. The maximum atomic E-state index is 12.7. The van der Waals surface area contributed by atoms with E-state index in [4.69, 9.17) is 4.74 Å². The molecule has 0 bridgehead atoms. The maximum absolute atomic E-state index is 12.7. The Kier molecular flexibility index (Phi) is 8.08. The predicted molar refractivity (Wildman–Crippen MR) is 133 cm³/mol. The van der Waals surface area contributed by atoms with Gasteiger partial charge >= 0.3 is 0 Å². The molecule has 3 aromatic rings. The third kappa shape index (κ3) is 6.24. The number of carbonyl (C=O) groups excluding carboxylic acids is 2. The lowest BCUT2D eigenvalue weighted by molar-refractivity contribution is -0.117. The fraction of sp³-hybridized carbons (Fsp3) is 0.167. The molecule has 1 aromatic heterocycles. The van der Waals surface area contributed by atoms with Crippen molar-refractivity contribution in [3.8, 4) is 5.75 Å². The van der Waals surface area contributed by atoms with Gasteiger partial charge < -0.3 is 4.74 Å². The third-order valence-corrected chi connectivity index (χ3v) is 7.60. The zero-order valence-corrected chi connectivity index (χ0v) is 20.5. The number of hydrogen-bond donors (Lipinski definition) is 3. The highest BCUT2D eigenvalue weighted by Gasteiger charge is 2.16. The second-order valence-corrected chi connectivity index (χ2v) is 10.0. The summed E-state index contributed by atoms with van der Waals surface area (Å²) in [5, 5.41) is 0. The first-order valence-electron chi connectivity index (χ1n) is 10.4. The number of hydrogen-bond acceptors (Lipinski definition) is 6. The van der Waals surface area contributed by atoms with Crippen molar-refractivity contribution in [3.05, 3.63) is 81.6 Å². The smallest absolute Gasteiger partial charge is 0.279 e. The van der Waals surface area contributed by atoms with Gasteiger partial charge in [0.05, 0.1) is 22.6 Å². The van der Waals surface area contributed by atoms with Crippen LogP contribution in [0.15, 0.2) is 65.6 Å². The molecule has 3 rings (SSSR count). The predicted octanol–water partition coefficient (Wildman–Crippen LogP) is 3.90. The monoisotopic (exact) mass is 499 g/mol. The first-order chi connectivity index (χ1) is 16.2. The summed E-state index contributed by atoms with van der Waals surface area (Å²) in [6.45, 7) is 3.96. The van der Waals surface area contributed by atoms with E-state index in [2.05, 4.69) is 15.6 Å². The van der Waals surface area contributed by atoms with Crippen LogP contribution in [0.4, 0.5) is 5.69 Å². The summed E-state index contributed by atoms with van der Waals surface area (Å²) in [5.41, 5.74) is 6.71. The number of para-hydroxylation sites is 2. The first kappa shape index (κ1) is 25.0. The van der Waals surface area contributed by atoms with Crippen molar-refractivity contribution in [2.75, 3.05) is 11.8 Å². The molecule has 0 aliphatic rings. The lowest BCUT2D eigenvalue weighted by Gasteiger charge is -2.11. The zero-order chi connectivity index (χ0) is 24.7. The molecule has 0 radical (unpaired) electrons. The van der Waals surface area contributed by atoms with Crippen LogP contribution >= 0.6 is 11.3 Å². The van der Waals surface area contributed by atoms with Gasteiger partial charge in [-0.3, -0.25) is 25.2 Å². The molecule has 3 N–H and O–H groups in total. The van der Waals surface area contributed by atoms with Crippen LogP contribution in [0.1, 0.15) is 32.6 Å². The number of amides is 2. The lowest BCUT2D eigenvalue weighted by atomic mass is 10.2. The van der Waals surface area contributed by atoms with Crippen LogP contribution in [-0.2, 0) is 21.2 Å². The summed E-state index contributed by atoms with van der Waals surface area (Å²) in [5.74, 6) is -0.498. The van der Waals surface area contributed by atoms with Gasteiger partial charge in [0, 0.05) is 11.0 Å². The number of aryl methyl sites for hydroxylation is 2. The summed E-state index contributed by atoms with van der Waals surface area (Å²) >= 11 is 1.39. The van der Waals surface area contributed by atoms with Gasteiger partial charge in [0.15, 0.2) is 0 Å². The minimum absolute atomic E-state index is 0.0601. The van der Waals surface area contributed by atoms with Crippen molar-refractivity contribution in [3.63, 3.8) is 0 Å². The van der Waals surface area contributed by atoms with E-state index in [1.807, 2.05) is 13.8 Å². The van der Waals surface area contributed by atoms with Crippen molar-refractivity contribution in [1.82, 2.24) is 10.9 Å². The van der Waals surface area contributed by atoms with Gasteiger partial charge in [-0.05, 0) is 60.9 Å². The molecule has 1 heterocycles. The number of thiophene rings is 1. The van der Waals surface area contributed by atoms with Gasteiger partial charge in [-0.2, -0.15) is 0 Å². The average Bonchev–Trinajstić information content (AvgIpc) is 3.22. The quantitative estimate of drug-likeness (QED) is 0.321. The molecule has 10 heteroatoms. The van der Waals surface area contributed by atoms with E-state index in [1.165, 1.54) is 42.7 Å². The van der Waals surface area contributed by atoms with Crippen molar-refractivity contribution < 1.29 is 22.7 Å². The Bertz CT molecular complexity index is 1310. The number of nitrogens with one attached hydrogen (secondary N) is 3. The molecule has 8 nitrogen and oxygen atoms in total. The number of ether oxygens (including phenoxy) is 1. The number of hydrazine groups is 1. The highest BCUT2D eigenvalue weighted by atomic mass is 32.2. The van der Waals surface area contributed by atoms with Crippen LogP contribution < -0.4 is 20.3 Å². The molecule has 0 saturated heterocycles. The van der Waals surface area contributed by atoms with Crippen molar-refractivity contribution in [1.29, 1.82) is 0 Å². The largest absolute Gasteiger partial charge is 0.495 e. The first-order valence-corrected chi connectivity index (χ1v) is 12.7. The highest BCUT2D eigenvalue weighted by Crippen LogP contribution is 2.26. The molecule has 0 atom stereocenters. The second kappa shape index (κ2) is 11.0. The van der Waals surface area contributed by atoms with Gasteiger partial charge in [-0.1, -0.05) is 31.2 Å². The summed E-state index contributed by atoms with van der Waals surface area (Å²) in [4.78, 5) is 26.0. The van der Waals surface area contributed by atoms with E-state index < -0.39 is 15.9 Å². The molecule has 0 fully saturated rings. The van der Waals surface area contributed by atoms with Gasteiger partial charge in [-0.25, -0.2) is 8.42 Å². The van der Waals surface area contributed by atoms with Crippen LogP contribution in [0.3, 0.4) is 0 Å². The standard InChI is InChI=1S/C24H25N3O5S2/c1-4-21-16(2)15-22(33-21)24(29)26-25-23(28)14-11-17-9-12-18(13-10-17)34(30,31)27-19-7-5-6-8-20(19)32-3/h5-15,27H,4H2,1-3H3,(H,25,28)(H,26,29)/b14-11+. The van der Waals surface area contributed by atoms with Crippen molar-refractivity contribution in [2.45, 2.75) is 25.2 Å². The van der Waals surface area contributed by atoms with Crippen LogP contribution in [0.5, 0.6) is 5.75 Å². The Balaban J connectivity index is 1.58. The number of rotatable bonds is 8. The Hall–Kier alpha value is -3.63. The van der Waals surface area contributed by atoms with E-state index >= 15 is 0 Å². The molecular formula is C24H25N3O5S2. The summed E-state index contributed by atoms with van der Waals surface area (Å²) < 4.78 is 33.0. The summed E-state index contributed by atoms with van der Waals surface area (Å²) in [6.07, 6.45) is 3.60. The van der Waals surface area contributed by atoms with E-state index in [9.17, 15) is 18.0 Å². The molecule has 178 valence electrons. The molecule has 0 unspecified atom stereocenters. The van der Waals surface area contributed by atoms with E-state index in [-0.39, 0.29) is 10.8 Å². The summed E-state index contributed by atoms with van der Waals surface area (Å²) in [7, 11) is -2.36. The molecular weight excluding hydrogens is 474 g/mol. The molecule has 0 aliphatic heterocycles. The number of methoxy groups -OCH3 is 1. The third-order valence-electron chi connectivity index (χ3n) is 4.83. The molecule has 0 aliphatic carbocycles. The van der Waals surface area contributed by atoms with E-state index in [0.29, 0.717) is 21.9 Å².